The summed E-state index contributed by atoms with van der Waals surface area (Å²) in [5.41, 5.74) is -0.0135. The van der Waals surface area contributed by atoms with Gasteiger partial charge in [0.05, 0.1) is 5.56 Å². The minimum atomic E-state index is -1.06. The molecule has 2 rings (SSSR count). The fraction of sp³-hybridized carbons (Fsp3) is 0.364. The van der Waals surface area contributed by atoms with Crippen molar-refractivity contribution in [3.8, 4) is 0 Å². The minimum Gasteiger partial charge on any atom is -0.349 e. The summed E-state index contributed by atoms with van der Waals surface area (Å²) >= 11 is 0. The number of hydrogen-bond donors (Lipinski definition) is 1. The van der Waals surface area contributed by atoms with Crippen molar-refractivity contribution in [3.05, 3.63) is 34.9 Å². The van der Waals surface area contributed by atoms with Gasteiger partial charge in [0, 0.05) is 6.04 Å². The normalized spacial score (nSPS) is 15.1. The monoisotopic (exact) mass is 211 g/mol. The minimum absolute atomic E-state index is 0.140. The highest BCUT2D eigenvalue weighted by Gasteiger charge is 2.25. The van der Waals surface area contributed by atoms with Crippen LogP contribution in [-0.2, 0) is 0 Å². The third-order valence-corrected chi connectivity index (χ3v) is 2.43. The summed E-state index contributed by atoms with van der Waals surface area (Å²) in [4.78, 5) is 11.5. The molecule has 1 saturated carbocycles. The Kier molecular flexibility index (Phi) is 2.42. The highest BCUT2D eigenvalue weighted by atomic mass is 19.2. The maximum absolute atomic E-state index is 13.3. The Hall–Kier alpha value is -1.45. The molecule has 1 amide bonds. The van der Waals surface area contributed by atoms with Crippen LogP contribution in [0.25, 0.3) is 0 Å². The highest BCUT2D eigenvalue weighted by molar-refractivity contribution is 5.94. The van der Waals surface area contributed by atoms with E-state index in [1.807, 2.05) is 0 Å². The number of benzene rings is 1. The fourth-order valence-electron chi connectivity index (χ4n) is 1.31. The van der Waals surface area contributed by atoms with Gasteiger partial charge in [0.2, 0.25) is 0 Å². The standard InChI is InChI=1S/C11H11F2NO/c1-6-2-5-8(10(13)9(6)12)11(15)14-7-3-4-7/h2,5,7H,3-4H2,1H3,(H,14,15). The average Bonchev–Trinajstić information content (AvgIpc) is 2.98. The number of carbonyl (C=O) groups is 1. The Morgan fingerprint density at radius 3 is 2.60 bits per heavy atom. The first-order chi connectivity index (χ1) is 7.09. The maximum atomic E-state index is 13.3. The van der Waals surface area contributed by atoms with Crippen molar-refractivity contribution in [2.45, 2.75) is 25.8 Å². The topological polar surface area (TPSA) is 29.1 Å². The Balaban J connectivity index is 2.26. The van der Waals surface area contributed by atoms with Gasteiger partial charge >= 0.3 is 0 Å². The van der Waals surface area contributed by atoms with E-state index in [9.17, 15) is 13.6 Å². The zero-order valence-corrected chi connectivity index (χ0v) is 8.31. The van der Waals surface area contributed by atoms with Gasteiger partial charge < -0.3 is 5.32 Å². The van der Waals surface area contributed by atoms with Gasteiger partial charge in [-0.15, -0.1) is 0 Å². The van der Waals surface area contributed by atoms with Crippen LogP contribution in [0.1, 0.15) is 28.8 Å². The van der Waals surface area contributed by atoms with E-state index in [0.29, 0.717) is 0 Å². The molecular weight excluding hydrogens is 200 g/mol. The van der Waals surface area contributed by atoms with Gasteiger partial charge in [0.1, 0.15) is 0 Å². The first-order valence-corrected chi connectivity index (χ1v) is 4.85. The molecule has 1 aromatic carbocycles. The second-order valence-electron chi connectivity index (χ2n) is 3.81. The predicted octanol–water partition coefficient (Wildman–Crippen LogP) is 2.17. The second kappa shape index (κ2) is 3.61. The zero-order valence-electron chi connectivity index (χ0n) is 8.31. The van der Waals surface area contributed by atoms with Gasteiger partial charge in [-0.1, -0.05) is 6.07 Å². The lowest BCUT2D eigenvalue weighted by Crippen LogP contribution is -2.26. The Bertz CT molecular complexity index is 413. The summed E-state index contributed by atoms with van der Waals surface area (Å²) in [5.74, 6) is -2.54. The first-order valence-electron chi connectivity index (χ1n) is 4.85. The molecule has 1 N–H and O–H groups in total. The number of nitrogens with one attached hydrogen (secondary N) is 1. The summed E-state index contributed by atoms with van der Waals surface area (Å²) in [7, 11) is 0. The van der Waals surface area contributed by atoms with Crippen molar-refractivity contribution in [3.63, 3.8) is 0 Å². The molecule has 2 nitrogen and oxygen atoms in total. The van der Waals surface area contributed by atoms with E-state index in [1.165, 1.54) is 19.1 Å². The van der Waals surface area contributed by atoms with Crippen molar-refractivity contribution in [1.82, 2.24) is 5.32 Å². The van der Waals surface area contributed by atoms with Crippen molar-refractivity contribution >= 4 is 5.91 Å². The fourth-order valence-corrected chi connectivity index (χ4v) is 1.31. The third-order valence-electron chi connectivity index (χ3n) is 2.43. The van der Waals surface area contributed by atoms with Crippen LogP contribution >= 0.6 is 0 Å². The summed E-state index contributed by atoms with van der Waals surface area (Å²) in [6.07, 6.45) is 1.84. The molecule has 0 radical (unpaired) electrons. The predicted molar refractivity (Wildman–Crippen MR) is 51.6 cm³/mol. The summed E-state index contributed by atoms with van der Waals surface area (Å²) in [6.45, 7) is 1.46. The quantitative estimate of drug-likeness (QED) is 0.798. The SMILES string of the molecule is Cc1ccc(C(=O)NC2CC2)c(F)c1F. The zero-order chi connectivity index (χ0) is 11.0. The van der Waals surface area contributed by atoms with Crippen LogP contribution in [0.3, 0.4) is 0 Å². The van der Waals surface area contributed by atoms with Gasteiger partial charge in [-0.3, -0.25) is 4.79 Å². The summed E-state index contributed by atoms with van der Waals surface area (Å²) < 4.78 is 26.5. The molecular formula is C11H11F2NO. The van der Waals surface area contributed by atoms with Crippen LogP contribution in [0.15, 0.2) is 12.1 Å². The van der Waals surface area contributed by atoms with E-state index in [-0.39, 0.29) is 17.2 Å². The van der Waals surface area contributed by atoms with Crippen LogP contribution in [0.4, 0.5) is 8.78 Å². The van der Waals surface area contributed by atoms with Gasteiger partial charge in [0.25, 0.3) is 5.91 Å². The third kappa shape index (κ3) is 1.98. The van der Waals surface area contributed by atoms with Gasteiger partial charge in [-0.2, -0.15) is 0 Å². The van der Waals surface area contributed by atoms with Crippen molar-refractivity contribution < 1.29 is 13.6 Å². The molecule has 15 heavy (non-hydrogen) atoms. The molecule has 0 aliphatic heterocycles. The number of carbonyl (C=O) groups excluding carboxylic acids is 1. The van der Waals surface area contributed by atoms with E-state index < -0.39 is 17.5 Å². The molecule has 0 bridgehead atoms. The first kappa shape index (κ1) is 10.1. The van der Waals surface area contributed by atoms with Crippen molar-refractivity contribution in [2.24, 2.45) is 0 Å². The van der Waals surface area contributed by atoms with Gasteiger partial charge in [0.15, 0.2) is 11.6 Å². The molecule has 0 saturated heterocycles. The molecule has 1 aliphatic rings. The highest BCUT2D eigenvalue weighted by Crippen LogP contribution is 2.21. The van der Waals surface area contributed by atoms with Crippen LogP contribution in [-0.4, -0.2) is 11.9 Å². The van der Waals surface area contributed by atoms with E-state index in [1.54, 1.807) is 0 Å². The van der Waals surface area contributed by atoms with Crippen LogP contribution < -0.4 is 5.32 Å². The van der Waals surface area contributed by atoms with Crippen molar-refractivity contribution in [1.29, 1.82) is 0 Å². The van der Waals surface area contributed by atoms with Gasteiger partial charge in [-0.05, 0) is 31.4 Å². The number of rotatable bonds is 2. The molecule has 1 aromatic rings. The second-order valence-corrected chi connectivity index (χ2v) is 3.81. The molecule has 0 aromatic heterocycles. The Labute approximate surface area is 86.3 Å². The molecule has 1 aliphatic carbocycles. The molecule has 80 valence electrons. The smallest absolute Gasteiger partial charge is 0.254 e. The molecule has 0 heterocycles. The number of halogens is 2. The molecule has 0 unspecified atom stereocenters. The van der Waals surface area contributed by atoms with E-state index in [0.717, 1.165) is 12.8 Å². The largest absolute Gasteiger partial charge is 0.349 e. The number of aryl methyl sites for hydroxylation is 1. The van der Waals surface area contributed by atoms with E-state index >= 15 is 0 Å². The van der Waals surface area contributed by atoms with Gasteiger partial charge in [-0.25, -0.2) is 8.78 Å². The van der Waals surface area contributed by atoms with Crippen LogP contribution in [0, 0.1) is 18.6 Å². The molecule has 0 atom stereocenters. The van der Waals surface area contributed by atoms with Crippen LogP contribution in [0.2, 0.25) is 0 Å². The summed E-state index contributed by atoms with van der Waals surface area (Å²) in [5, 5.41) is 2.61. The van der Waals surface area contributed by atoms with Crippen LogP contribution in [0.5, 0.6) is 0 Å². The average molecular weight is 211 g/mol. The Morgan fingerprint density at radius 2 is 2.00 bits per heavy atom. The lowest BCUT2D eigenvalue weighted by molar-refractivity contribution is 0.0946. The van der Waals surface area contributed by atoms with E-state index in [2.05, 4.69) is 5.32 Å². The molecule has 1 fully saturated rings. The lowest BCUT2D eigenvalue weighted by Gasteiger charge is -2.06. The van der Waals surface area contributed by atoms with E-state index in [4.69, 9.17) is 0 Å². The Morgan fingerprint density at radius 1 is 1.33 bits per heavy atom. The molecule has 4 heteroatoms. The summed E-state index contributed by atoms with van der Waals surface area (Å²) in [6, 6.07) is 2.85. The van der Waals surface area contributed by atoms with Crippen molar-refractivity contribution in [2.75, 3.05) is 0 Å². The number of hydrogen-bond acceptors (Lipinski definition) is 1. The maximum Gasteiger partial charge on any atom is 0.254 e. The number of amides is 1. The lowest BCUT2D eigenvalue weighted by atomic mass is 10.1. The molecule has 0 spiro atoms.